The first kappa shape index (κ1) is 7.89. The summed E-state index contributed by atoms with van der Waals surface area (Å²) in [4.78, 5) is 10.2. The third kappa shape index (κ3) is 5.89. The standard InChI is InChI=1S/C6H9BrO/c1-5(2)3-4-6(7)8/h3-5H,1-2H3. The lowest BCUT2D eigenvalue weighted by Crippen LogP contribution is -1.80. The van der Waals surface area contributed by atoms with Gasteiger partial charge in [0, 0.05) is 0 Å². The molecular weight excluding hydrogens is 168 g/mol. The second-order valence-corrected chi connectivity index (χ2v) is 2.69. The van der Waals surface area contributed by atoms with E-state index in [-0.39, 0.29) is 4.69 Å². The third-order valence-electron chi connectivity index (χ3n) is 0.612. The van der Waals surface area contributed by atoms with E-state index in [9.17, 15) is 4.79 Å². The van der Waals surface area contributed by atoms with Gasteiger partial charge < -0.3 is 0 Å². The molecule has 0 aliphatic rings. The van der Waals surface area contributed by atoms with Crippen LogP contribution in [0.4, 0.5) is 0 Å². The number of hydrogen-bond donors (Lipinski definition) is 0. The Morgan fingerprint density at radius 2 is 2.12 bits per heavy atom. The van der Waals surface area contributed by atoms with Gasteiger partial charge in [0.2, 0.25) is 4.69 Å². The van der Waals surface area contributed by atoms with Crippen LogP contribution in [0.5, 0.6) is 0 Å². The second kappa shape index (κ2) is 3.84. The molecular formula is C6H9BrO. The lowest BCUT2D eigenvalue weighted by molar-refractivity contribution is -0.106. The minimum absolute atomic E-state index is 0.0637. The molecule has 0 unspecified atom stereocenters. The molecule has 0 fully saturated rings. The van der Waals surface area contributed by atoms with Gasteiger partial charge in [0.1, 0.15) is 0 Å². The SMILES string of the molecule is CC(C)C=CC(=O)Br. The summed E-state index contributed by atoms with van der Waals surface area (Å²) in [7, 11) is 0. The van der Waals surface area contributed by atoms with Crippen molar-refractivity contribution in [2.45, 2.75) is 13.8 Å². The molecule has 2 heteroatoms. The zero-order valence-electron chi connectivity index (χ0n) is 5.02. The molecule has 0 saturated heterocycles. The molecule has 46 valence electrons. The van der Waals surface area contributed by atoms with Crippen LogP contribution in [0.3, 0.4) is 0 Å². The Kier molecular flexibility index (Phi) is 3.79. The van der Waals surface area contributed by atoms with Crippen molar-refractivity contribution in [1.82, 2.24) is 0 Å². The molecule has 0 spiro atoms. The topological polar surface area (TPSA) is 17.1 Å². The normalized spacial score (nSPS) is 11.0. The van der Waals surface area contributed by atoms with Crippen molar-refractivity contribution in [2.24, 2.45) is 5.92 Å². The Hall–Kier alpha value is -0.110. The van der Waals surface area contributed by atoms with Crippen LogP contribution in [0.25, 0.3) is 0 Å². The van der Waals surface area contributed by atoms with E-state index in [2.05, 4.69) is 15.9 Å². The Balaban J connectivity index is 3.50. The van der Waals surface area contributed by atoms with Crippen molar-refractivity contribution < 1.29 is 4.79 Å². The minimum atomic E-state index is -0.0637. The molecule has 0 aromatic rings. The van der Waals surface area contributed by atoms with Crippen LogP contribution in [0.2, 0.25) is 0 Å². The molecule has 0 aliphatic carbocycles. The maximum absolute atomic E-state index is 10.2. The van der Waals surface area contributed by atoms with Gasteiger partial charge in [-0.1, -0.05) is 19.9 Å². The van der Waals surface area contributed by atoms with Gasteiger partial charge in [0.25, 0.3) is 0 Å². The average Bonchev–Trinajstić information content (AvgIpc) is 1.61. The number of allylic oxidation sites excluding steroid dienone is 2. The molecule has 0 aromatic heterocycles. The monoisotopic (exact) mass is 176 g/mol. The van der Waals surface area contributed by atoms with Crippen molar-refractivity contribution in [2.75, 3.05) is 0 Å². The number of carbonyl (C=O) groups excluding carboxylic acids is 1. The summed E-state index contributed by atoms with van der Waals surface area (Å²) in [5.41, 5.74) is 0. The van der Waals surface area contributed by atoms with Crippen molar-refractivity contribution in [3.8, 4) is 0 Å². The highest BCUT2D eigenvalue weighted by Crippen LogP contribution is 1.95. The van der Waals surface area contributed by atoms with E-state index in [1.165, 1.54) is 6.08 Å². The number of carbonyl (C=O) groups is 1. The largest absolute Gasteiger partial charge is 0.282 e. The van der Waals surface area contributed by atoms with Gasteiger partial charge in [-0.25, -0.2) is 0 Å². The van der Waals surface area contributed by atoms with Gasteiger partial charge in [0.15, 0.2) is 0 Å². The van der Waals surface area contributed by atoms with E-state index in [0.29, 0.717) is 5.92 Å². The molecule has 0 N–H and O–H groups in total. The molecule has 0 aromatic carbocycles. The predicted octanol–water partition coefficient (Wildman–Crippen LogP) is 2.12. The molecule has 0 radical (unpaired) electrons. The van der Waals surface area contributed by atoms with E-state index < -0.39 is 0 Å². The Labute approximate surface area is 57.9 Å². The second-order valence-electron chi connectivity index (χ2n) is 1.91. The summed E-state index contributed by atoms with van der Waals surface area (Å²) < 4.78 is -0.0637. The van der Waals surface area contributed by atoms with Crippen molar-refractivity contribution in [3.63, 3.8) is 0 Å². The lowest BCUT2D eigenvalue weighted by Gasteiger charge is -1.88. The third-order valence-corrected chi connectivity index (χ3v) is 0.876. The van der Waals surface area contributed by atoms with Gasteiger partial charge in [-0.05, 0) is 27.9 Å². The zero-order chi connectivity index (χ0) is 6.57. The van der Waals surface area contributed by atoms with E-state index in [4.69, 9.17) is 0 Å². The average molecular weight is 177 g/mol. The smallest absolute Gasteiger partial charge is 0.220 e. The van der Waals surface area contributed by atoms with Crippen LogP contribution < -0.4 is 0 Å². The summed E-state index contributed by atoms with van der Waals surface area (Å²) in [5.74, 6) is 0.455. The molecule has 0 rings (SSSR count). The van der Waals surface area contributed by atoms with Crippen molar-refractivity contribution in [3.05, 3.63) is 12.2 Å². The number of hydrogen-bond acceptors (Lipinski definition) is 1. The minimum Gasteiger partial charge on any atom is -0.282 e. The van der Waals surface area contributed by atoms with Crippen molar-refractivity contribution >= 4 is 20.6 Å². The van der Waals surface area contributed by atoms with Crippen LogP contribution in [0, 0.1) is 5.92 Å². The van der Waals surface area contributed by atoms with E-state index in [1.54, 1.807) is 0 Å². The highest BCUT2D eigenvalue weighted by Gasteiger charge is 1.85. The highest BCUT2D eigenvalue weighted by molar-refractivity contribution is 9.18. The molecule has 8 heavy (non-hydrogen) atoms. The maximum Gasteiger partial charge on any atom is 0.220 e. The quantitative estimate of drug-likeness (QED) is 0.466. The molecule has 0 aliphatic heterocycles. The first-order valence-electron chi connectivity index (χ1n) is 2.50. The molecule has 0 heterocycles. The highest BCUT2D eigenvalue weighted by atomic mass is 79.9. The van der Waals surface area contributed by atoms with Gasteiger partial charge in [0.05, 0.1) is 0 Å². The molecule has 0 amide bonds. The summed E-state index contributed by atoms with van der Waals surface area (Å²) in [6.45, 7) is 4.04. The van der Waals surface area contributed by atoms with Crippen LogP contribution >= 0.6 is 15.9 Å². The van der Waals surface area contributed by atoms with Gasteiger partial charge in [-0.15, -0.1) is 0 Å². The van der Waals surface area contributed by atoms with Crippen LogP contribution in [0.15, 0.2) is 12.2 Å². The fourth-order valence-electron chi connectivity index (χ4n) is 0.268. The van der Waals surface area contributed by atoms with E-state index >= 15 is 0 Å². The fraction of sp³-hybridized carbons (Fsp3) is 0.500. The van der Waals surface area contributed by atoms with E-state index in [1.807, 2.05) is 19.9 Å². The van der Waals surface area contributed by atoms with Gasteiger partial charge in [-0.2, -0.15) is 0 Å². The Morgan fingerprint density at radius 3 is 2.25 bits per heavy atom. The fourth-order valence-corrected chi connectivity index (χ4v) is 0.421. The molecule has 0 saturated carbocycles. The first-order chi connectivity index (χ1) is 3.63. The van der Waals surface area contributed by atoms with Gasteiger partial charge in [-0.3, -0.25) is 4.79 Å². The van der Waals surface area contributed by atoms with E-state index in [0.717, 1.165) is 0 Å². The first-order valence-corrected chi connectivity index (χ1v) is 3.30. The lowest BCUT2D eigenvalue weighted by atomic mass is 10.2. The predicted molar refractivity (Wildman–Crippen MR) is 37.9 cm³/mol. The zero-order valence-corrected chi connectivity index (χ0v) is 6.60. The number of halogens is 1. The van der Waals surface area contributed by atoms with Crippen LogP contribution in [-0.2, 0) is 4.79 Å². The molecule has 1 nitrogen and oxygen atoms in total. The van der Waals surface area contributed by atoms with Crippen LogP contribution in [0.1, 0.15) is 13.8 Å². The Bertz CT molecular complexity index is 105. The Morgan fingerprint density at radius 1 is 1.62 bits per heavy atom. The summed E-state index contributed by atoms with van der Waals surface area (Å²) in [6, 6.07) is 0. The maximum atomic E-state index is 10.2. The van der Waals surface area contributed by atoms with Crippen LogP contribution in [-0.4, -0.2) is 4.69 Å². The van der Waals surface area contributed by atoms with Gasteiger partial charge >= 0.3 is 0 Å². The molecule has 0 atom stereocenters. The molecule has 0 bridgehead atoms. The summed E-state index contributed by atoms with van der Waals surface area (Å²) in [5, 5.41) is 0. The summed E-state index contributed by atoms with van der Waals surface area (Å²) >= 11 is 2.78. The summed E-state index contributed by atoms with van der Waals surface area (Å²) in [6.07, 6.45) is 3.36. The number of rotatable bonds is 2. The van der Waals surface area contributed by atoms with Crippen molar-refractivity contribution in [1.29, 1.82) is 0 Å².